The van der Waals surface area contributed by atoms with Gasteiger partial charge in [-0.3, -0.25) is 9.59 Å². The van der Waals surface area contributed by atoms with Gasteiger partial charge >= 0.3 is 0 Å². The van der Waals surface area contributed by atoms with Crippen LogP contribution < -0.4 is 10.6 Å². The van der Waals surface area contributed by atoms with Gasteiger partial charge in [0, 0.05) is 12.6 Å². The SMILES string of the molecule is CC1NCCCN(CC(=O)NC2CCCCC2)C1=O. The van der Waals surface area contributed by atoms with Gasteiger partial charge in [-0.15, -0.1) is 0 Å². The Labute approximate surface area is 115 Å². The van der Waals surface area contributed by atoms with Crippen molar-refractivity contribution in [1.29, 1.82) is 0 Å². The molecule has 5 heteroatoms. The van der Waals surface area contributed by atoms with Crippen LogP contribution in [-0.4, -0.2) is 48.4 Å². The number of hydrogen-bond donors (Lipinski definition) is 2. The maximum Gasteiger partial charge on any atom is 0.239 e. The molecule has 2 amide bonds. The van der Waals surface area contributed by atoms with Crippen LogP contribution in [0.2, 0.25) is 0 Å². The summed E-state index contributed by atoms with van der Waals surface area (Å²) >= 11 is 0. The van der Waals surface area contributed by atoms with Gasteiger partial charge in [0.1, 0.15) is 0 Å². The molecule has 0 radical (unpaired) electrons. The molecule has 1 heterocycles. The van der Waals surface area contributed by atoms with Crippen molar-refractivity contribution in [2.45, 2.75) is 57.5 Å². The van der Waals surface area contributed by atoms with E-state index in [1.165, 1.54) is 19.3 Å². The molecule has 0 bridgehead atoms. The van der Waals surface area contributed by atoms with E-state index in [1.54, 1.807) is 4.90 Å². The molecule has 2 aliphatic rings. The van der Waals surface area contributed by atoms with Crippen molar-refractivity contribution >= 4 is 11.8 Å². The molecule has 0 aromatic heterocycles. The Kier molecular flexibility index (Phi) is 5.19. The van der Waals surface area contributed by atoms with Gasteiger partial charge < -0.3 is 15.5 Å². The third-order valence-corrected chi connectivity index (χ3v) is 4.04. The molecule has 1 atom stereocenters. The lowest BCUT2D eigenvalue weighted by atomic mass is 9.95. The maximum absolute atomic E-state index is 12.1. The van der Waals surface area contributed by atoms with E-state index < -0.39 is 0 Å². The minimum absolute atomic E-state index is 0.00523. The number of nitrogens with one attached hydrogen (secondary N) is 2. The summed E-state index contributed by atoms with van der Waals surface area (Å²) in [6, 6.07) is 0.142. The summed E-state index contributed by atoms with van der Waals surface area (Å²) in [5, 5.41) is 6.22. The summed E-state index contributed by atoms with van der Waals surface area (Å²) in [7, 11) is 0. The van der Waals surface area contributed by atoms with Crippen molar-refractivity contribution in [3.8, 4) is 0 Å². The number of hydrogen-bond acceptors (Lipinski definition) is 3. The number of amides is 2. The Morgan fingerprint density at radius 1 is 1.32 bits per heavy atom. The molecular weight excluding hydrogens is 242 g/mol. The Balaban J connectivity index is 1.81. The molecule has 2 N–H and O–H groups in total. The van der Waals surface area contributed by atoms with Gasteiger partial charge in [0.15, 0.2) is 0 Å². The first-order valence-electron chi connectivity index (χ1n) is 7.48. The molecule has 1 saturated carbocycles. The molecule has 108 valence electrons. The van der Waals surface area contributed by atoms with E-state index >= 15 is 0 Å². The van der Waals surface area contributed by atoms with Gasteiger partial charge in [0.2, 0.25) is 11.8 Å². The fourth-order valence-corrected chi connectivity index (χ4v) is 2.91. The quantitative estimate of drug-likeness (QED) is 0.789. The molecule has 1 saturated heterocycles. The summed E-state index contributed by atoms with van der Waals surface area (Å²) in [6.07, 6.45) is 6.76. The van der Waals surface area contributed by atoms with E-state index in [9.17, 15) is 9.59 Å². The Morgan fingerprint density at radius 3 is 2.79 bits per heavy atom. The highest BCUT2D eigenvalue weighted by atomic mass is 16.2. The van der Waals surface area contributed by atoms with Crippen LogP contribution in [-0.2, 0) is 9.59 Å². The third-order valence-electron chi connectivity index (χ3n) is 4.04. The van der Waals surface area contributed by atoms with Crippen molar-refractivity contribution in [2.75, 3.05) is 19.6 Å². The molecule has 2 fully saturated rings. The van der Waals surface area contributed by atoms with Gasteiger partial charge in [0.25, 0.3) is 0 Å². The fourth-order valence-electron chi connectivity index (χ4n) is 2.91. The summed E-state index contributed by atoms with van der Waals surface area (Å²) in [6.45, 7) is 3.59. The van der Waals surface area contributed by atoms with Crippen molar-refractivity contribution < 1.29 is 9.59 Å². The highest BCUT2D eigenvalue weighted by Gasteiger charge is 2.25. The lowest BCUT2D eigenvalue weighted by molar-refractivity contribution is -0.137. The molecule has 0 aromatic carbocycles. The predicted molar refractivity (Wildman–Crippen MR) is 73.7 cm³/mol. The van der Waals surface area contributed by atoms with Crippen LogP contribution in [0.15, 0.2) is 0 Å². The van der Waals surface area contributed by atoms with Gasteiger partial charge in [-0.05, 0) is 32.7 Å². The maximum atomic E-state index is 12.1. The van der Waals surface area contributed by atoms with E-state index in [-0.39, 0.29) is 24.4 Å². The fraction of sp³-hybridized carbons (Fsp3) is 0.857. The van der Waals surface area contributed by atoms with Crippen molar-refractivity contribution in [3.63, 3.8) is 0 Å². The van der Waals surface area contributed by atoms with Crippen molar-refractivity contribution in [2.24, 2.45) is 0 Å². The predicted octanol–water partition coefficient (Wildman–Crippen LogP) is 0.646. The van der Waals surface area contributed by atoms with Crippen LogP contribution in [0.4, 0.5) is 0 Å². The van der Waals surface area contributed by atoms with Crippen LogP contribution in [0.25, 0.3) is 0 Å². The molecule has 2 rings (SSSR count). The van der Waals surface area contributed by atoms with Crippen LogP contribution in [0.5, 0.6) is 0 Å². The van der Waals surface area contributed by atoms with E-state index in [0.29, 0.717) is 12.6 Å². The summed E-state index contributed by atoms with van der Waals surface area (Å²) in [5.41, 5.74) is 0. The first-order chi connectivity index (χ1) is 9.16. The van der Waals surface area contributed by atoms with Gasteiger partial charge in [-0.2, -0.15) is 0 Å². The molecule has 1 aliphatic heterocycles. The standard InChI is InChI=1S/C14H25N3O2/c1-11-14(19)17(9-5-8-15-11)10-13(18)16-12-6-3-2-4-7-12/h11-12,15H,2-10H2,1H3,(H,16,18). The monoisotopic (exact) mass is 267 g/mol. The number of nitrogens with zero attached hydrogens (tertiary/aromatic N) is 1. The van der Waals surface area contributed by atoms with Crippen LogP contribution in [0.1, 0.15) is 45.4 Å². The van der Waals surface area contributed by atoms with E-state index in [4.69, 9.17) is 0 Å². The smallest absolute Gasteiger partial charge is 0.239 e. The summed E-state index contributed by atoms with van der Waals surface area (Å²) in [5.74, 6) is 0.0330. The summed E-state index contributed by atoms with van der Waals surface area (Å²) < 4.78 is 0. The minimum atomic E-state index is -0.176. The lowest BCUT2D eigenvalue weighted by Crippen LogP contribution is -2.48. The van der Waals surface area contributed by atoms with Crippen molar-refractivity contribution in [3.05, 3.63) is 0 Å². The third kappa shape index (κ3) is 4.20. The molecule has 0 aromatic rings. The van der Waals surface area contributed by atoms with Gasteiger partial charge in [-0.25, -0.2) is 0 Å². The highest BCUT2D eigenvalue weighted by Crippen LogP contribution is 2.17. The van der Waals surface area contributed by atoms with Crippen LogP contribution >= 0.6 is 0 Å². The Bertz CT molecular complexity index is 327. The molecule has 19 heavy (non-hydrogen) atoms. The molecule has 5 nitrogen and oxygen atoms in total. The highest BCUT2D eigenvalue weighted by molar-refractivity contribution is 5.87. The normalized spacial score (nSPS) is 26.1. The zero-order valence-corrected chi connectivity index (χ0v) is 11.8. The Hall–Kier alpha value is -1.10. The average Bonchev–Trinajstić information content (AvgIpc) is 2.55. The molecule has 0 spiro atoms. The van der Waals surface area contributed by atoms with Gasteiger partial charge in [-0.1, -0.05) is 19.3 Å². The lowest BCUT2D eigenvalue weighted by Gasteiger charge is -2.26. The summed E-state index contributed by atoms with van der Waals surface area (Å²) in [4.78, 5) is 25.8. The van der Waals surface area contributed by atoms with Crippen molar-refractivity contribution in [1.82, 2.24) is 15.5 Å². The second-order valence-electron chi connectivity index (χ2n) is 5.69. The topological polar surface area (TPSA) is 61.4 Å². The second-order valence-corrected chi connectivity index (χ2v) is 5.69. The van der Waals surface area contributed by atoms with Crippen LogP contribution in [0, 0.1) is 0 Å². The van der Waals surface area contributed by atoms with E-state index in [0.717, 1.165) is 25.8 Å². The molecule has 1 aliphatic carbocycles. The zero-order valence-electron chi connectivity index (χ0n) is 11.8. The molecular formula is C14H25N3O2. The molecule has 1 unspecified atom stereocenters. The number of carbonyl (C=O) groups is 2. The van der Waals surface area contributed by atoms with E-state index in [1.807, 2.05) is 6.92 Å². The minimum Gasteiger partial charge on any atom is -0.352 e. The number of rotatable bonds is 3. The second kappa shape index (κ2) is 6.89. The first kappa shape index (κ1) is 14.3. The zero-order chi connectivity index (χ0) is 13.7. The average molecular weight is 267 g/mol. The van der Waals surface area contributed by atoms with Crippen LogP contribution in [0.3, 0.4) is 0 Å². The van der Waals surface area contributed by atoms with E-state index in [2.05, 4.69) is 10.6 Å². The largest absolute Gasteiger partial charge is 0.352 e. The Morgan fingerprint density at radius 2 is 2.05 bits per heavy atom. The number of carbonyl (C=O) groups excluding carboxylic acids is 2. The first-order valence-corrected chi connectivity index (χ1v) is 7.48. The van der Waals surface area contributed by atoms with Gasteiger partial charge in [0.05, 0.1) is 12.6 Å².